The first kappa shape index (κ1) is 23.7. The fourth-order valence-corrected chi connectivity index (χ4v) is 5.45. The zero-order chi connectivity index (χ0) is 21.8. The summed E-state index contributed by atoms with van der Waals surface area (Å²) in [5.74, 6) is -0.413. The molecular weight excluding hydrogens is 431 g/mol. The molecule has 0 saturated carbocycles. The third-order valence-electron chi connectivity index (χ3n) is 4.83. The molecule has 0 radical (unpaired) electrons. The van der Waals surface area contributed by atoms with Crippen LogP contribution < -0.4 is 5.32 Å². The van der Waals surface area contributed by atoms with E-state index in [1.807, 2.05) is 26.0 Å². The average molecular weight is 457 g/mol. The molecule has 158 valence electrons. The third-order valence-corrected chi connectivity index (χ3v) is 7.72. The molecule has 1 N–H and O–H groups in total. The number of hydrogen-bond donors (Lipinski definition) is 1. The minimum Gasteiger partial charge on any atom is -0.321 e. The number of nitrogens with one attached hydrogen (secondary N) is 1. The summed E-state index contributed by atoms with van der Waals surface area (Å²) in [5.41, 5.74) is 2.70. The Labute approximate surface area is 183 Å². The number of carbonyl (C=O) groups is 1. The van der Waals surface area contributed by atoms with Gasteiger partial charge in [0.2, 0.25) is 10.0 Å². The number of sulfonamides is 1. The Bertz CT molecular complexity index is 1000. The second-order valence-corrected chi connectivity index (χ2v) is 9.18. The second-order valence-electron chi connectivity index (χ2n) is 6.46. The van der Waals surface area contributed by atoms with Crippen molar-refractivity contribution in [2.75, 3.05) is 18.4 Å². The van der Waals surface area contributed by atoms with E-state index < -0.39 is 15.9 Å². The number of carbonyl (C=O) groups excluding carboxylic acids is 1. The molecule has 0 aliphatic carbocycles. The Morgan fingerprint density at radius 3 is 2.14 bits per heavy atom. The molecule has 1 amide bonds. The SMILES string of the molecule is CCc1ccc(Cl)c(CC)c1NC(=O)c1ccc(Cl)c(S(=O)(=O)N(CC)CC)c1. The number of rotatable bonds is 8. The molecule has 0 aromatic heterocycles. The van der Waals surface area contributed by atoms with Crippen LogP contribution in [0.5, 0.6) is 0 Å². The van der Waals surface area contributed by atoms with E-state index in [9.17, 15) is 13.2 Å². The van der Waals surface area contributed by atoms with Crippen molar-refractivity contribution in [1.29, 1.82) is 0 Å². The van der Waals surface area contributed by atoms with Gasteiger partial charge in [-0.15, -0.1) is 0 Å². The third kappa shape index (κ3) is 4.94. The molecule has 0 aliphatic heterocycles. The van der Waals surface area contributed by atoms with Gasteiger partial charge in [-0.3, -0.25) is 4.79 Å². The van der Waals surface area contributed by atoms with Crippen LogP contribution in [0.15, 0.2) is 35.2 Å². The van der Waals surface area contributed by atoms with E-state index in [1.165, 1.54) is 22.5 Å². The lowest BCUT2D eigenvalue weighted by Crippen LogP contribution is -2.31. The van der Waals surface area contributed by atoms with Gasteiger partial charge >= 0.3 is 0 Å². The van der Waals surface area contributed by atoms with Crippen LogP contribution in [0.1, 0.15) is 49.2 Å². The highest BCUT2D eigenvalue weighted by Crippen LogP contribution is 2.31. The molecule has 0 fully saturated rings. The van der Waals surface area contributed by atoms with Crippen molar-refractivity contribution in [3.05, 3.63) is 57.1 Å². The van der Waals surface area contributed by atoms with Crippen LogP contribution in [0, 0.1) is 0 Å². The van der Waals surface area contributed by atoms with Crippen molar-refractivity contribution in [1.82, 2.24) is 4.31 Å². The Morgan fingerprint density at radius 1 is 0.966 bits per heavy atom. The predicted molar refractivity (Wildman–Crippen MR) is 120 cm³/mol. The molecule has 0 spiro atoms. The monoisotopic (exact) mass is 456 g/mol. The van der Waals surface area contributed by atoms with Gasteiger partial charge in [-0.2, -0.15) is 4.31 Å². The van der Waals surface area contributed by atoms with E-state index in [2.05, 4.69) is 5.32 Å². The van der Waals surface area contributed by atoms with E-state index in [1.54, 1.807) is 13.8 Å². The van der Waals surface area contributed by atoms with Crippen LogP contribution in [0.25, 0.3) is 0 Å². The summed E-state index contributed by atoms with van der Waals surface area (Å²) >= 11 is 12.5. The van der Waals surface area contributed by atoms with Crippen molar-refractivity contribution in [3.8, 4) is 0 Å². The van der Waals surface area contributed by atoms with Gasteiger partial charge in [0.15, 0.2) is 0 Å². The molecule has 0 unspecified atom stereocenters. The van der Waals surface area contributed by atoms with E-state index in [4.69, 9.17) is 23.2 Å². The lowest BCUT2D eigenvalue weighted by Gasteiger charge is -2.20. The summed E-state index contributed by atoms with van der Waals surface area (Å²) in [6, 6.07) is 7.99. The van der Waals surface area contributed by atoms with Crippen LogP contribution in [0.3, 0.4) is 0 Å². The number of hydrogen-bond acceptors (Lipinski definition) is 3. The van der Waals surface area contributed by atoms with Crippen molar-refractivity contribution in [2.45, 2.75) is 45.4 Å². The van der Waals surface area contributed by atoms with Gasteiger partial charge in [0, 0.05) is 29.4 Å². The van der Waals surface area contributed by atoms with Crippen LogP contribution in [-0.4, -0.2) is 31.7 Å². The number of halogens is 2. The number of anilines is 1. The molecule has 2 aromatic rings. The Hall–Kier alpha value is -1.60. The molecule has 5 nitrogen and oxygen atoms in total. The Kier molecular flexibility index (Phi) is 8.11. The fraction of sp³-hybridized carbons (Fsp3) is 0.381. The molecule has 0 atom stereocenters. The molecule has 0 bridgehead atoms. The van der Waals surface area contributed by atoms with Crippen molar-refractivity contribution in [3.63, 3.8) is 0 Å². The minimum absolute atomic E-state index is 0.0759. The van der Waals surface area contributed by atoms with Crippen LogP contribution in [-0.2, 0) is 22.9 Å². The Morgan fingerprint density at radius 2 is 1.59 bits per heavy atom. The highest BCUT2D eigenvalue weighted by Gasteiger charge is 2.26. The van der Waals surface area contributed by atoms with E-state index >= 15 is 0 Å². The highest BCUT2D eigenvalue weighted by molar-refractivity contribution is 7.89. The Balaban J connectivity index is 2.48. The first-order valence-corrected chi connectivity index (χ1v) is 11.8. The molecule has 2 aromatic carbocycles. The lowest BCUT2D eigenvalue weighted by atomic mass is 10.0. The first-order chi connectivity index (χ1) is 13.7. The summed E-state index contributed by atoms with van der Waals surface area (Å²) in [6.07, 6.45) is 1.38. The van der Waals surface area contributed by atoms with Gasteiger partial charge < -0.3 is 5.32 Å². The summed E-state index contributed by atoms with van der Waals surface area (Å²) in [5, 5.41) is 3.59. The van der Waals surface area contributed by atoms with Gasteiger partial charge in [-0.1, -0.05) is 57.0 Å². The molecule has 2 rings (SSSR count). The van der Waals surface area contributed by atoms with Crippen molar-refractivity contribution < 1.29 is 13.2 Å². The van der Waals surface area contributed by atoms with Crippen molar-refractivity contribution >= 4 is 44.8 Å². The normalized spacial score (nSPS) is 11.7. The molecule has 29 heavy (non-hydrogen) atoms. The van der Waals surface area contributed by atoms with E-state index in [0.717, 1.165) is 17.5 Å². The maximum absolute atomic E-state index is 13.0. The zero-order valence-electron chi connectivity index (χ0n) is 17.1. The molecular formula is C21H26Cl2N2O3S. The topological polar surface area (TPSA) is 66.5 Å². The minimum atomic E-state index is -3.79. The number of aryl methyl sites for hydroxylation is 1. The zero-order valence-corrected chi connectivity index (χ0v) is 19.4. The fourth-order valence-electron chi connectivity index (χ4n) is 3.20. The van der Waals surface area contributed by atoms with E-state index in [0.29, 0.717) is 30.2 Å². The number of amides is 1. The maximum atomic E-state index is 13.0. The van der Waals surface area contributed by atoms with Crippen LogP contribution in [0.4, 0.5) is 5.69 Å². The summed E-state index contributed by atoms with van der Waals surface area (Å²) in [6.45, 7) is 8.09. The van der Waals surface area contributed by atoms with Crippen molar-refractivity contribution in [2.24, 2.45) is 0 Å². The maximum Gasteiger partial charge on any atom is 0.255 e. The van der Waals surface area contributed by atoms with Gasteiger partial charge in [-0.05, 0) is 48.2 Å². The average Bonchev–Trinajstić information content (AvgIpc) is 2.69. The summed E-state index contributed by atoms with van der Waals surface area (Å²) in [4.78, 5) is 12.9. The van der Waals surface area contributed by atoms with Gasteiger partial charge in [0.05, 0.1) is 5.02 Å². The summed E-state index contributed by atoms with van der Waals surface area (Å²) in [7, 11) is -3.79. The molecule has 0 aliphatic rings. The first-order valence-electron chi connectivity index (χ1n) is 9.62. The number of nitrogens with zero attached hydrogens (tertiary/aromatic N) is 1. The summed E-state index contributed by atoms with van der Waals surface area (Å²) < 4.78 is 27.1. The quantitative estimate of drug-likeness (QED) is 0.577. The molecule has 0 saturated heterocycles. The lowest BCUT2D eigenvalue weighted by molar-refractivity contribution is 0.102. The molecule has 8 heteroatoms. The number of benzene rings is 2. The second kappa shape index (κ2) is 9.94. The smallest absolute Gasteiger partial charge is 0.255 e. The van der Waals surface area contributed by atoms with Crippen LogP contribution in [0.2, 0.25) is 10.0 Å². The van der Waals surface area contributed by atoms with Gasteiger partial charge in [0.1, 0.15) is 4.90 Å². The van der Waals surface area contributed by atoms with Gasteiger partial charge in [0.25, 0.3) is 5.91 Å². The molecule has 0 heterocycles. The highest BCUT2D eigenvalue weighted by atomic mass is 35.5. The van der Waals surface area contributed by atoms with E-state index in [-0.39, 0.29) is 15.5 Å². The predicted octanol–water partition coefficient (Wildman–Crippen LogP) is 5.40. The largest absolute Gasteiger partial charge is 0.321 e. The standard InChI is InChI=1S/C21H26Cl2N2O3S/c1-5-14-9-11-17(22)16(6-2)20(14)24-21(26)15-10-12-18(23)19(13-15)29(27,28)25(7-3)8-4/h9-13H,5-8H2,1-4H3,(H,24,26). The van der Waals surface area contributed by atoms with Gasteiger partial charge in [-0.25, -0.2) is 8.42 Å². The van der Waals surface area contributed by atoms with Crippen LogP contribution >= 0.6 is 23.2 Å².